The number of halogens is 1. The minimum Gasteiger partial charge on any atom is -0.380 e. The maximum absolute atomic E-state index is 4.39. The van der Waals surface area contributed by atoms with E-state index in [4.69, 9.17) is 0 Å². The molecule has 0 atom stereocenters. The third-order valence-electron chi connectivity index (χ3n) is 3.35. The number of anilines is 1. The van der Waals surface area contributed by atoms with Gasteiger partial charge in [0.2, 0.25) is 0 Å². The second-order valence-corrected chi connectivity index (χ2v) is 5.61. The molecule has 0 radical (unpaired) electrons. The van der Waals surface area contributed by atoms with Crippen LogP contribution in [0.2, 0.25) is 0 Å². The van der Waals surface area contributed by atoms with Gasteiger partial charge in [-0.2, -0.15) is 0 Å². The Morgan fingerprint density at radius 2 is 1.80 bits per heavy atom. The fourth-order valence-electron chi connectivity index (χ4n) is 2.26. The molecule has 2 nitrogen and oxygen atoms in total. The number of pyridine rings is 1. The topological polar surface area (TPSA) is 24.9 Å². The molecule has 3 aromatic rings. The first-order valence-corrected chi connectivity index (χ1v) is 7.36. The molecule has 0 saturated heterocycles. The summed E-state index contributed by atoms with van der Waals surface area (Å²) in [5.41, 5.74) is 3.34. The maximum atomic E-state index is 4.39. The van der Waals surface area contributed by atoms with E-state index in [0.717, 1.165) is 22.5 Å². The molecule has 3 heteroatoms. The largest absolute Gasteiger partial charge is 0.380 e. The summed E-state index contributed by atoms with van der Waals surface area (Å²) < 4.78 is 0.867. The summed E-state index contributed by atoms with van der Waals surface area (Å²) in [5, 5.41) is 5.99. The van der Waals surface area contributed by atoms with Gasteiger partial charge in [-0.15, -0.1) is 0 Å². The average molecular weight is 327 g/mol. The molecule has 20 heavy (non-hydrogen) atoms. The summed E-state index contributed by atoms with van der Waals surface area (Å²) in [5.74, 6) is 0. The number of fused-ring (bicyclic) bond motifs is 1. The van der Waals surface area contributed by atoms with E-state index < -0.39 is 0 Å². The van der Waals surface area contributed by atoms with E-state index >= 15 is 0 Å². The highest BCUT2D eigenvalue weighted by atomic mass is 79.9. The van der Waals surface area contributed by atoms with Gasteiger partial charge in [0.1, 0.15) is 4.60 Å². The molecule has 2 aromatic carbocycles. The molecule has 0 unspecified atom stereocenters. The Labute approximate surface area is 127 Å². The van der Waals surface area contributed by atoms with Crippen molar-refractivity contribution in [3.63, 3.8) is 0 Å². The van der Waals surface area contributed by atoms with Gasteiger partial charge in [-0.1, -0.05) is 36.4 Å². The standard InChI is InChI=1S/C17H15BrN2/c1-12-16(8-9-17(18)20-12)19-11-13-6-7-14-4-2-3-5-15(14)10-13/h2-10,19H,11H2,1H3. The summed E-state index contributed by atoms with van der Waals surface area (Å²) >= 11 is 3.38. The smallest absolute Gasteiger partial charge is 0.106 e. The van der Waals surface area contributed by atoms with Crippen molar-refractivity contribution in [2.45, 2.75) is 13.5 Å². The van der Waals surface area contributed by atoms with Gasteiger partial charge in [-0.25, -0.2) is 4.98 Å². The molecule has 0 aliphatic carbocycles. The van der Waals surface area contributed by atoms with Gasteiger partial charge in [-0.05, 0) is 57.4 Å². The zero-order valence-corrected chi connectivity index (χ0v) is 12.8. The number of hydrogen-bond donors (Lipinski definition) is 1. The lowest BCUT2D eigenvalue weighted by molar-refractivity contribution is 1.10. The number of benzene rings is 2. The number of rotatable bonds is 3. The summed E-state index contributed by atoms with van der Waals surface area (Å²) in [7, 11) is 0. The van der Waals surface area contributed by atoms with E-state index in [2.05, 4.69) is 68.7 Å². The Morgan fingerprint density at radius 1 is 1.00 bits per heavy atom. The molecule has 0 bridgehead atoms. The summed E-state index contributed by atoms with van der Waals surface area (Å²) in [4.78, 5) is 4.39. The first-order valence-electron chi connectivity index (χ1n) is 6.57. The lowest BCUT2D eigenvalue weighted by atomic mass is 10.1. The Morgan fingerprint density at radius 3 is 2.60 bits per heavy atom. The van der Waals surface area contributed by atoms with Gasteiger partial charge in [0.05, 0.1) is 11.4 Å². The van der Waals surface area contributed by atoms with Crippen molar-refractivity contribution in [1.82, 2.24) is 4.98 Å². The van der Waals surface area contributed by atoms with Crippen LogP contribution in [0.5, 0.6) is 0 Å². The van der Waals surface area contributed by atoms with Crippen LogP contribution in [0.4, 0.5) is 5.69 Å². The van der Waals surface area contributed by atoms with E-state index in [9.17, 15) is 0 Å². The van der Waals surface area contributed by atoms with Crippen LogP contribution in [0, 0.1) is 6.92 Å². The van der Waals surface area contributed by atoms with Crippen molar-refractivity contribution in [3.05, 3.63) is 70.5 Å². The van der Waals surface area contributed by atoms with E-state index in [1.165, 1.54) is 16.3 Å². The SMILES string of the molecule is Cc1nc(Br)ccc1NCc1ccc2ccccc2c1. The average Bonchev–Trinajstić information content (AvgIpc) is 2.46. The third kappa shape index (κ3) is 2.83. The molecule has 0 fully saturated rings. The predicted molar refractivity (Wildman–Crippen MR) is 87.9 cm³/mol. The van der Waals surface area contributed by atoms with E-state index in [1.54, 1.807) is 0 Å². The Bertz CT molecular complexity index is 753. The molecular weight excluding hydrogens is 312 g/mol. The molecule has 0 amide bonds. The fourth-order valence-corrected chi connectivity index (χ4v) is 2.66. The Balaban J connectivity index is 1.79. The number of nitrogens with one attached hydrogen (secondary N) is 1. The van der Waals surface area contributed by atoms with Crippen molar-refractivity contribution < 1.29 is 0 Å². The van der Waals surface area contributed by atoms with Crippen molar-refractivity contribution in [1.29, 1.82) is 0 Å². The molecule has 100 valence electrons. The monoisotopic (exact) mass is 326 g/mol. The zero-order chi connectivity index (χ0) is 13.9. The van der Waals surface area contributed by atoms with Crippen LogP contribution in [0.25, 0.3) is 10.8 Å². The molecule has 3 rings (SSSR count). The second kappa shape index (κ2) is 5.63. The van der Waals surface area contributed by atoms with Crippen LogP contribution in [0.3, 0.4) is 0 Å². The predicted octanol–water partition coefficient (Wildman–Crippen LogP) is 4.92. The summed E-state index contributed by atoms with van der Waals surface area (Å²) in [6, 6.07) is 19.0. The van der Waals surface area contributed by atoms with Gasteiger partial charge >= 0.3 is 0 Å². The number of aromatic nitrogens is 1. The minimum atomic E-state index is 0.801. The highest BCUT2D eigenvalue weighted by molar-refractivity contribution is 9.10. The lowest BCUT2D eigenvalue weighted by Gasteiger charge is -2.10. The molecule has 1 aromatic heterocycles. The molecule has 0 saturated carbocycles. The molecule has 1 N–H and O–H groups in total. The highest BCUT2D eigenvalue weighted by Crippen LogP contribution is 2.19. The van der Waals surface area contributed by atoms with Crippen LogP contribution in [0.1, 0.15) is 11.3 Å². The Hall–Kier alpha value is -1.87. The second-order valence-electron chi connectivity index (χ2n) is 4.80. The van der Waals surface area contributed by atoms with Crippen LogP contribution in [-0.4, -0.2) is 4.98 Å². The van der Waals surface area contributed by atoms with Crippen LogP contribution < -0.4 is 5.32 Å². The number of aryl methyl sites for hydroxylation is 1. The maximum Gasteiger partial charge on any atom is 0.106 e. The summed E-state index contributed by atoms with van der Waals surface area (Å²) in [6.07, 6.45) is 0. The van der Waals surface area contributed by atoms with Crippen LogP contribution in [0.15, 0.2) is 59.2 Å². The van der Waals surface area contributed by atoms with Gasteiger partial charge in [0, 0.05) is 6.54 Å². The van der Waals surface area contributed by atoms with Gasteiger partial charge in [-0.3, -0.25) is 0 Å². The van der Waals surface area contributed by atoms with Gasteiger partial charge < -0.3 is 5.32 Å². The minimum absolute atomic E-state index is 0.801. The van der Waals surface area contributed by atoms with E-state index in [0.29, 0.717) is 0 Å². The number of hydrogen-bond acceptors (Lipinski definition) is 2. The first kappa shape index (κ1) is 13.1. The molecule has 0 spiro atoms. The summed E-state index contributed by atoms with van der Waals surface area (Å²) in [6.45, 7) is 2.81. The first-order chi connectivity index (χ1) is 9.72. The zero-order valence-electron chi connectivity index (χ0n) is 11.2. The van der Waals surface area contributed by atoms with Crippen molar-refractivity contribution in [2.75, 3.05) is 5.32 Å². The normalized spacial score (nSPS) is 10.7. The van der Waals surface area contributed by atoms with Gasteiger partial charge in [0.15, 0.2) is 0 Å². The van der Waals surface area contributed by atoms with Crippen molar-refractivity contribution in [3.8, 4) is 0 Å². The molecule has 1 heterocycles. The molecular formula is C17H15BrN2. The van der Waals surface area contributed by atoms with E-state index in [1.807, 2.05) is 19.1 Å². The van der Waals surface area contributed by atoms with Crippen LogP contribution >= 0.6 is 15.9 Å². The Kier molecular flexibility index (Phi) is 3.70. The number of nitrogens with zero attached hydrogens (tertiary/aromatic N) is 1. The van der Waals surface area contributed by atoms with Crippen LogP contribution in [-0.2, 0) is 6.54 Å². The van der Waals surface area contributed by atoms with E-state index in [-0.39, 0.29) is 0 Å². The highest BCUT2D eigenvalue weighted by Gasteiger charge is 2.01. The fraction of sp³-hybridized carbons (Fsp3) is 0.118. The lowest BCUT2D eigenvalue weighted by Crippen LogP contribution is -2.02. The van der Waals surface area contributed by atoms with Crippen molar-refractivity contribution in [2.24, 2.45) is 0 Å². The quantitative estimate of drug-likeness (QED) is 0.691. The van der Waals surface area contributed by atoms with Gasteiger partial charge in [0.25, 0.3) is 0 Å². The third-order valence-corrected chi connectivity index (χ3v) is 3.79. The van der Waals surface area contributed by atoms with Crippen molar-refractivity contribution >= 4 is 32.4 Å². The molecule has 0 aliphatic heterocycles. The molecule has 0 aliphatic rings.